The molecule has 2 aliphatic heterocycles. The molecule has 2 atom stereocenters. The molecule has 1 aromatic carbocycles. The van der Waals surface area contributed by atoms with Crippen LogP contribution in [0.4, 0.5) is 16.2 Å². The molecule has 2 unspecified atom stereocenters. The van der Waals surface area contributed by atoms with Crippen LogP contribution >= 0.6 is 0 Å². The van der Waals surface area contributed by atoms with Gasteiger partial charge in [-0.25, -0.2) is 4.79 Å². The highest BCUT2D eigenvalue weighted by molar-refractivity contribution is 5.90. The van der Waals surface area contributed by atoms with E-state index in [1.54, 1.807) is 0 Å². The van der Waals surface area contributed by atoms with E-state index in [9.17, 15) is 4.79 Å². The molecule has 0 radical (unpaired) electrons. The highest BCUT2D eigenvalue weighted by Gasteiger charge is 2.29. The molecule has 2 amide bonds. The Balaban J connectivity index is 1.60. The monoisotopic (exact) mass is 374 g/mol. The summed E-state index contributed by atoms with van der Waals surface area (Å²) in [6.45, 7) is 12.1. The summed E-state index contributed by atoms with van der Waals surface area (Å²) in [6, 6.07) is 7.08. The Morgan fingerprint density at radius 3 is 2.67 bits per heavy atom. The third-order valence-electron chi connectivity index (χ3n) is 6.09. The Kier molecular flexibility index (Phi) is 6.60. The van der Waals surface area contributed by atoms with Crippen LogP contribution in [0.1, 0.15) is 32.3 Å². The summed E-state index contributed by atoms with van der Waals surface area (Å²) in [5, 5.41) is 3.11. The minimum absolute atomic E-state index is 0.0145. The SMILES string of the molecule is CCN1CCC(N(C)C(=O)Nc2ccc(N3CCOCC3)cc2C)CC1C. The average Bonchev–Trinajstić information content (AvgIpc) is 2.69. The number of aryl methyl sites for hydroxylation is 1. The van der Waals surface area contributed by atoms with Crippen molar-refractivity contribution in [3.8, 4) is 0 Å². The zero-order chi connectivity index (χ0) is 19.4. The second kappa shape index (κ2) is 8.93. The highest BCUT2D eigenvalue weighted by Crippen LogP contribution is 2.25. The highest BCUT2D eigenvalue weighted by atomic mass is 16.5. The maximum absolute atomic E-state index is 12.8. The smallest absolute Gasteiger partial charge is 0.321 e. The zero-order valence-corrected chi connectivity index (χ0v) is 17.2. The van der Waals surface area contributed by atoms with Crippen molar-refractivity contribution in [1.29, 1.82) is 0 Å². The molecule has 0 saturated carbocycles. The van der Waals surface area contributed by atoms with Gasteiger partial charge in [-0.05, 0) is 57.0 Å². The van der Waals surface area contributed by atoms with Crippen molar-refractivity contribution in [2.45, 2.75) is 45.7 Å². The van der Waals surface area contributed by atoms with Gasteiger partial charge in [0.05, 0.1) is 13.2 Å². The topological polar surface area (TPSA) is 48.0 Å². The molecule has 150 valence electrons. The summed E-state index contributed by atoms with van der Waals surface area (Å²) in [6.07, 6.45) is 2.07. The summed E-state index contributed by atoms with van der Waals surface area (Å²) in [7, 11) is 1.92. The van der Waals surface area contributed by atoms with Crippen molar-refractivity contribution in [2.75, 3.05) is 56.7 Å². The van der Waals surface area contributed by atoms with Crippen LogP contribution in [-0.4, -0.2) is 74.4 Å². The minimum Gasteiger partial charge on any atom is -0.378 e. The number of likely N-dealkylation sites (tertiary alicyclic amines) is 1. The third-order valence-corrected chi connectivity index (χ3v) is 6.09. The molecule has 3 rings (SSSR count). The van der Waals surface area contributed by atoms with Crippen LogP contribution < -0.4 is 10.2 Å². The van der Waals surface area contributed by atoms with Crippen molar-refractivity contribution in [1.82, 2.24) is 9.80 Å². The van der Waals surface area contributed by atoms with Crippen LogP contribution in [-0.2, 0) is 4.74 Å². The van der Waals surface area contributed by atoms with Crippen molar-refractivity contribution in [3.05, 3.63) is 23.8 Å². The lowest BCUT2D eigenvalue weighted by Crippen LogP contribution is -2.50. The van der Waals surface area contributed by atoms with E-state index in [1.807, 2.05) is 18.0 Å². The molecule has 0 bridgehead atoms. The number of benzene rings is 1. The van der Waals surface area contributed by atoms with E-state index in [-0.39, 0.29) is 6.03 Å². The lowest BCUT2D eigenvalue weighted by atomic mass is 9.97. The van der Waals surface area contributed by atoms with E-state index in [4.69, 9.17) is 4.74 Å². The molecule has 2 fully saturated rings. The molecule has 2 saturated heterocycles. The van der Waals surface area contributed by atoms with Gasteiger partial charge in [-0.15, -0.1) is 0 Å². The number of hydrogen-bond acceptors (Lipinski definition) is 4. The summed E-state index contributed by atoms with van der Waals surface area (Å²) < 4.78 is 5.43. The van der Waals surface area contributed by atoms with Crippen molar-refractivity contribution < 1.29 is 9.53 Å². The molecule has 2 heterocycles. The summed E-state index contributed by atoms with van der Waals surface area (Å²) in [5.41, 5.74) is 3.18. The van der Waals surface area contributed by atoms with Gasteiger partial charge in [0.15, 0.2) is 0 Å². The fourth-order valence-corrected chi connectivity index (χ4v) is 4.19. The summed E-state index contributed by atoms with van der Waals surface area (Å²) in [4.78, 5) is 19.5. The first-order valence-corrected chi connectivity index (χ1v) is 10.2. The first-order valence-electron chi connectivity index (χ1n) is 10.2. The van der Waals surface area contributed by atoms with Crippen LogP contribution in [0.2, 0.25) is 0 Å². The van der Waals surface area contributed by atoms with Gasteiger partial charge >= 0.3 is 6.03 Å². The number of urea groups is 1. The fourth-order valence-electron chi connectivity index (χ4n) is 4.19. The molecule has 1 N–H and O–H groups in total. The Bertz CT molecular complexity index is 645. The number of amides is 2. The average molecular weight is 375 g/mol. The molecule has 1 aromatic rings. The van der Waals surface area contributed by atoms with Crippen LogP contribution in [0.5, 0.6) is 0 Å². The number of morpholine rings is 1. The molecule has 2 aliphatic rings. The summed E-state index contributed by atoms with van der Waals surface area (Å²) in [5.74, 6) is 0. The van der Waals surface area contributed by atoms with Gasteiger partial charge < -0.3 is 24.8 Å². The van der Waals surface area contributed by atoms with Crippen molar-refractivity contribution >= 4 is 17.4 Å². The van der Waals surface area contributed by atoms with Crippen LogP contribution in [0.15, 0.2) is 18.2 Å². The van der Waals surface area contributed by atoms with Crippen molar-refractivity contribution in [3.63, 3.8) is 0 Å². The number of piperidine rings is 1. The number of nitrogens with one attached hydrogen (secondary N) is 1. The molecule has 0 aliphatic carbocycles. The second-order valence-electron chi connectivity index (χ2n) is 7.80. The largest absolute Gasteiger partial charge is 0.378 e. The van der Waals surface area contributed by atoms with Gasteiger partial charge in [-0.3, -0.25) is 0 Å². The zero-order valence-electron chi connectivity index (χ0n) is 17.2. The van der Waals surface area contributed by atoms with Gasteiger partial charge in [-0.2, -0.15) is 0 Å². The van der Waals surface area contributed by atoms with Gasteiger partial charge in [0.25, 0.3) is 0 Å². The summed E-state index contributed by atoms with van der Waals surface area (Å²) >= 11 is 0. The van der Waals surface area contributed by atoms with Crippen LogP contribution in [0, 0.1) is 6.92 Å². The third kappa shape index (κ3) is 4.74. The Labute approximate surface area is 163 Å². The maximum atomic E-state index is 12.8. The van der Waals surface area contributed by atoms with E-state index in [0.717, 1.165) is 63.5 Å². The van der Waals surface area contributed by atoms with Crippen molar-refractivity contribution in [2.24, 2.45) is 0 Å². The first-order chi connectivity index (χ1) is 13.0. The lowest BCUT2D eigenvalue weighted by molar-refractivity contribution is 0.104. The number of anilines is 2. The number of ether oxygens (including phenoxy) is 1. The molecular weight excluding hydrogens is 340 g/mol. The van der Waals surface area contributed by atoms with E-state index in [2.05, 4.69) is 48.0 Å². The molecule has 6 nitrogen and oxygen atoms in total. The minimum atomic E-state index is -0.0145. The number of carbonyl (C=O) groups is 1. The number of hydrogen-bond donors (Lipinski definition) is 1. The maximum Gasteiger partial charge on any atom is 0.321 e. The van der Waals surface area contributed by atoms with Crippen LogP contribution in [0.25, 0.3) is 0 Å². The van der Waals surface area contributed by atoms with E-state index in [1.165, 1.54) is 5.69 Å². The molecule has 27 heavy (non-hydrogen) atoms. The number of carbonyl (C=O) groups excluding carboxylic acids is 1. The second-order valence-corrected chi connectivity index (χ2v) is 7.80. The van der Waals surface area contributed by atoms with E-state index >= 15 is 0 Å². The Hall–Kier alpha value is -1.79. The molecular formula is C21H34N4O2. The van der Waals surface area contributed by atoms with E-state index < -0.39 is 0 Å². The van der Waals surface area contributed by atoms with Gasteiger partial charge in [-0.1, -0.05) is 6.92 Å². The Morgan fingerprint density at radius 2 is 2.04 bits per heavy atom. The van der Waals surface area contributed by atoms with Crippen LogP contribution in [0.3, 0.4) is 0 Å². The normalized spacial score (nSPS) is 23.9. The molecule has 0 aromatic heterocycles. The fraction of sp³-hybridized carbons (Fsp3) is 0.667. The van der Waals surface area contributed by atoms with E-state index in [0.29, 0.717) is 12.1 Å². The Morgan fingerprint density at radius 1 is 1.30 bits per heavy atom. The van der Waals surface area contributed by atoms with Gasteiger partial charge in [0, 0.05) is 50.1 Å². The predicted molar refractivity (Wildman–Crippen MR) is 111 cm³/mol. The number of rotatable bonds is 4. The lowest BCUT2D eigenvalue weighted by Gasteiger charge is -2.40. The standard InChI is InChI=1S/C21H34N4O2/c1-5-24-9-8-18(15-17(24)3)23(4)21(26)22-20-7-6-19(14-16(20)2)25-10-12-27-13-11-25/h6-7,14,17-18H,5,8-13,15H2,1-4H3,(H,22,26). The number of nitrogens with zero attached hydrogens (tertiary/aromatic N) is 3. The quantitative estimate of drug-likeness (QED) is 0.879. The van der Waals surface area contributed by atoms with Gasteiger partial charge in [0.1, 0.15) is 0 Å². The molecule has 0 spiro atoms. The first kappa shape index (κ1) is 20.0. The van der Waals surface area contributed by atoms with Gasteiger partial charge in [0.2, 0.25) is 0 Å². The predicted octanol–water partition coefficient (Wildman–Crippen LogP) is 3.17. The molecule has 6 heteroatoms.